The molecule has 0 radical (unpaired) electrons. The van der Waals surface area contributed by atoms with Gasteiger partial charge in [-0.1, -0.05) is 81.9 Å². The fourth-order valence-electron chi connectivity index (χ4n) is 2.58. The second kappa shape index (κ2) is 9.14. The number of carbonyl (C=O) groups excluding carboxylic acids is 1. The minimum atomic E-state index is -0.395. The summed E-state index contributed by atoms with van der Waals surface area (Å²) in [4.78, 5) is 18.0. The number of aryl methyl sites for hydroxylation is 1. The van der Waals surface area contributed by atoms with Crippen molar-refractivity contribution in [2.24, 2.45) is 0 Å². The smallest absolute Gasteiger partial charge is 0.273 e. The predicted molar refractivity (Wildman–Crippen MR) is 111 cm³/mol. The first-order valence-electron chi connectivity index (χ1n) is 8.35. The standard InChI is InChI=1S/C19H15Cl4N3O2/c1-26(19(27)17-15(21)14(20)16(22)18(23)24-17)9-5-8-12-10-13(25-28-12)11-6-3-2-4-7-11/h2-4,6-7,10H,5,8-9H2,1H3. The molecule has 0 aliphatic rings. The maximum atomic E-state index is 12.6. The third-order valence-corrected chi connectivity index (χ3v) is 5.76. The van der Waals surface area contributed by atoms with Gasteiger partial charge in [0.15, 0.2) is 0 Å². The SMILES string of the molecule is CN(CCCc1cc(-c2ccccc2)no1)C(=O)c1nc(Cl)c(Cl)c(Cl)c1Cl. The molecule has 5 nitrogen and oxygen atoms in total. The van der Waals surface area contributed by atoms with Crippen LogP contribution in [-0.2, 0) is 6.42 Å². The van der Waals surface area contributed by atoms with E-state index in [1.807, 2.05) is 36.4 Å². The molecule has 9 heteroatoms. The molecule has 2 heterocycles. The van der Waals surface area contributed by atoms with Crippen molar-refractivity contribution in [1.29, 1.82) is 0 Å². The Morgan fingerprint density at radius 2 is 1.79 bits per heavy atom. The fraction of sp³-hybridized carbons (Fsp3) is 0.211. The maximum absolute atomic E-state index is 12.6. The van der Waals surface area contributed by atoms with Crippen LogP contribution in [0.3, 0.4) is 0 Å². The Morgan fingerprint density at radius 1 is 1.07 bits per heavy atom. The highest BCUT2D eigenvalue weighted by Crippen LogP contribution is 2.36. The van der Waals surface area contributed by atoms with Crippen molar-refractivity contribution < 1.29 is 9.32 Å². The average Bonchev–Trinajstić information content (AvgIpc) is 3.18. The molecule has 0 unspecified atom stereocenters. The third kappa shape index (κ3) is 4.61. The van der Waals surface area contributed by atoms with Gasteiger partial charge >= 0.3 is 0 Å². The van der Waals surface area contributed by atoms with Gasteiger partial charge in [0, 0.05) is 31.6 Å². The number of hydrogen-bond acceptors (Lipinski definition) is 4. The van der Waals surface area contributed by atoms with Gasteiger partial charge in [0.05, 0.1) is 15.1 Å². The Hall–Kier alpha value is -1.79. The lowest BCUT2D eigenvalue weighted by molar-refractivity contribution is 0.0787. The van der Waals surface area contributed by atoms with Crippen LogP contribution in [0.4, 0.5) is 0 Å². The van der Waals surface area contributed by atoms with Crippen molar-refractivity contribution in [2.75, 3.05) is 13.6 Å². The summed E-state index contributed by atoms with van der Waals surface area (Å²) in [6, 6.07) is 11.7. The number of halogens is 4. The van der Waals surface area contributed by atoms with Gasteiger partial charge in [-0.3, -0.25) is 4.79 Å². The molecular weight excluding hydrogens is 444 g/mol. The van der Waals surface area contributed by atoms with Crippen molar-refractivity contribution in [3.05, 3.63) is 68.1 Å². The summed E-state index contributed by atoms with van der Waals surface area (Å²) in [5.41, 5.74) is 1.73. The van der Waals surface area contributed by atoms with Gasteiger partial charge < -0.3 is 9.42 Å². The Kier molecular flexibility index (Phi) is 6.83. The van der Waals surface area contributed by atoms with Gasteiger partial charge in [-0.05, 0) is 6.42 Å². The monoisotopic (exact) mass is 457 g/mol. The zero-order chi connectivity index (χ0) is 20.3. The number of hydrogen-bond donors (Lipinski definition) is 0. The lowest BCUT2D eigenvalue weighted by Crippen LogP contribution is -2.29. The number of carbonyl (C=O) groups is 1. The van der Waals surface area contributed by atoms with Crippen molar-refractivity contribution in [3.63, 3.8) is 0 Å². The molecule has 0 saturated heterocycles. The van der Waals surface area contributed by atoms with Crippen LogP contribution in [0, 0.1) is 0 Å². The van der Waals surface area contributed by atoms with E-state index in [9.17, 15) is 4.79 Å². The number of nitrogens with zero attached hydrogens (tertiary/aromatic N) is 3. The normalized spacial score (nSPS) is 10.9. The minimum absolute atomic E-state index is 0.00943. The van der Waals surface area contributed by atoms with E-state index in [1.165, 1.54) is 4.90 Å². The Bertz CT molecular complexity index is 992. The van der Waals surface area contributed by atoms with E-state index in [-0.39, 0.29) is 25.9 Å². The molecule has 0 N–H and O–H groups in total. The van der Waals surface area contributed by atoms with Crippen LogP contribution in [0.25, 0.3) is 11.3 Å². The molecule has 28 heavy (non-hydrogen) atoms. The topological polar surface area (TPSA) is 59.2 Å². The summed E-state index contributed by atoms with van der Waals surface area (Å²) >= 11 is 23.9. The van der Waals surface area contributed by atoms with Gasteiger partial charge in [0.1, 0.15) is 22.3 Å². The third-order valence-electron chi connectivity index (χ3n) is 4.08. The number of amides is 1. The first-order chi connectivity index (χ1) is 13.4. The first-order valence-corrected chi connectivity index (χ1v) is 9.86. The number of benzene rings is 1. The van der Waals surface area contributed by atoms with E-state index in [0.29, 0.717) is 19.4 Å². The van der Waals surface area contributed by atoms with Crippen LogP contribution < -0.4 is 0 Å². The molecule has 3 aromatic rings. The zero-order valence-electron chi connectivity index (χ0n) is 14.8. The van der Waals surface area contributed by atoms with Crippen LogP contribution in [-0.4, -0.2) is 34.5 Å². The number of aromatic nitrogens is 2. The van der Waals surface area contributed by atoms with E-state index in [2.05, 4.69) is 10.1 Å². The quantitative estimate of drug-likeness (QED) is 0.421. The van der Waals surface area contributed by atoms with Crippen LogP contribution in [0.15, 0.2) is 40.9 Å². The molecule has 146 valence electrons. The van der Waals surface area contributed by atoms with Crippen molar-refractivity contribution >= 4 is 52.3 Å². The maximum Gasteiger partial charge on any atom is 0.273 e. The summed E-state index contributed by atoms with van der Waals surface area (Å²) in [5.74, 6) is 0.349. The molecule has 0 bridgehead atoms. The molecule has 0 atom stereocenters. The first kappa shape index (κ1) is 20.9. The Balaban J connectivity index is 1.60. The molecule has 2 aromatic heterocycles. The highest BCUT2D eigenvalue weighted by atomic mass is 35.5. The lowest BCUT2D eigenvalue weighted by atomic mass is 10.1. The van der Waals surface area contributed by atoms with Gasteiger partial charge in [-0.25, -0.2) is 4.98 Å². The van der Waals surface area contributed by atoms with Gasteiger partial charge in [-0.2, -0.15) is 0 Å². The van der Waals surface area contributed by atoms with Crippen LogP contribution in [0.1, 0.15) is 22.7 Å². The molecule has 0 aliphatic heterocycles. The summed E-state index contributed by atoms with van der Waals surface area (Å²) in [6.07, 6.45) is 1.29. The van der Waals surface area contributed by atoms with E-state index in [4.69, 9.17) is 50.9 Å². The molecule has 3 rings (SSSR count). The Morgan fingerprint density at radius 3 is 2.50 bits per heavy atom. The van der Waals surface area contributed by atoms with Gasteiger partial charge in [0.25, 0.3) is 5.91 Å². The molecule has 0 spiro atoms. The summed E-state index contributed by atoms with van der Waals surface area (Å²) in [5, 5.41) is 4.03. The predicted octanol–water partition coefficient (Wildman–Crippen LogP) is 6.06. The van der Waals surface area contributed by atoms with Gasteiger partial charge in [0.2, 0.25) is 0 Å². The molecule has 1 aromatic carbocycles. The largest absolute Gasteiger partial charge is 0.361 e. The second-order valence-electron chi connectivity index (χ2n) is 6.07. The van der Waals surface area contributed by atoms with E-state index >= 15 is 0 Å². The summed E-state index contributed by atoms with van der Waals surface area (Å²) in [6.45, 7) is 0.454. The van der Waals surface area contributed by atoms with Crippen molar-refractivity contribution in [2.45, 2.75) is 12.8 Å². The zero-order valence-corrected chi connectivity index (χ0v) is 17.8. The molecule has 0 aliphatic carbocycles. The molecule has 1 amide bonds. The number of pyridine rings is 1. The highest BCUT2D eigenvalue weighted by molar-refractivity contribution is 6.52. The van der Waals surface area contributed by atoms with Crippen LogP contribution in [0.5, 0.6) is 0 Å². The lowest BCUT2D eigenvalue weighted by Gasteiger charge is -2.17. The van der Waals surface area contributed by atoms with Crippen molar-refractivity contribution in [1.82, 2.24) is 15.0 Å². The molecule has 0 fully saturated rings. The van der Waals surface area contributed by atoms with Crippen molar-refractivity contribution in [3.8, 4) is 11.3 Å². The average molecular weight is 459 g/mol. The molecule has 0 saturated carbocycles. The summed E-state index contributed by atoms with van der Waals surface area (Å²) < 4.78 is 5.37. The van der Waals surface area contributed by atoms with Crippen LogP contribution in [0.2, 0.25) is 20.2 Å². The van der Waals surface area contributed by atoms with Gasteiger partial charge in [-0.15, -0.1) is 0 Å². The second-order valence-corrected chi connectivity index (χ2v) is 7.56. The highest BCUT2D eigenvalue weighted by Gasteiger charge is 2.22. The fourth-order valence-corrected chi connectivity index (χ4v) is 3.39. The van der Waals surface area contributed by atoms with Crippen LogP contribution >= 0.6 is 46.4 Å². The van der Waals surface area contributed by atoms with E-state index in [0.717, 1.165) is 17.0 Å². The minimum Gasteiger partial charge on any atom is -0.361 e. The number of rotatable bonds is 6. The Labute approximate surface area is 182 Å². The van der Waals surface area contributed by atoms with E-state index in [1.54, 1.807) is 7.05 Å². The van der Waals surface area contributed by atoms with E-state index < -0.39 is 5.91 Å². The summed E-state index contributed by atoms with van der Waals surface area (Å²) in [7, 11) is 1.65. The molecular formula is C19H15Cl4N3O2.